The van der Waals surface area contributed by atoms with E-state index >= 15 is 4.39 Å². The fourth-order valence-electron chi connectivity index (χ4n) is 5.64. The van der Waals surface area contributed by atoms with Gasteiger partial charge in [0.1, 0.15) is 5.75 Å². The molecule has 2 aromatic carbocycles. The summed E-state index contributed by atoms with van der Waals surface area (Å²) in [4.78, 5) is 16.6. The van der Waals surface area contributed by atoms with E-state index in [-0.39, 0.29) is 24.2 Å². The van der Waals surface area contributed by atoms with Crippen molar-refractivity contribution in [2.24, 2.45) is 11.7 Å². The minimum atomic E-state index is -1.44. The van der Waals surface area contributed by atoms with Gasteiger partial charge in [0.15, 0.2) is 11.6 Å². The monoisotopic (exact) mass is 529 g/mol. The number of halogens is 1. The average molecular weight is 530 g/mol. The van der Waals surface area contributed by atoms with E-state index in [1.54, 1.807) is 35.1 Å². The first-order valence-electron chi connectivity index (χ1n) is 13.5. The van der Waals surface area contributed by atoms with Gasteiger partial charge >= 0.3 is 6.03 Å². The number of nitrogens with zero attached hydrogens (tertiary/aromatic N) is 2. The second-order valence-electron chi connectivity index (χ2n) is 10.6. The molecule has 4 atom stereocenters. The van der Waals surface area contributed by atoms with Crippen molar-refractivity contribution in [3.05, 3.63) is 59.4 Å². The lowest BCUT2D eigenvalue weighted by molar-refractivity contribution is -0.0590. The molecule has 4 N–H and O–H groups in total. The van der Waals surface area contributed by atoms with Crippen LogP contribution >= 0.6 is 0 Å². The summed E-state index contributed by atoms with van der Waals surface area (Å²) in [5.74, 6) is -0.368. The van der Waals surface area contributed by atoms with E-state index in [1.165, 1.54) is 6.07 Å². The quantitative estimate of drug-likeness (QED) is 0.427. The third-order valence-electron chi connectivity index (χ3n) is 7.87. The molecule has 1 unspecified atom stereocenters. The van der Waals surface area contributed by atoms with Crippen LogP contribution in [-0.2, 0) is 10.3 Å². The number of aliphatic hydroxyl groups is 2. The zero-order valence-electron chi connectivity index (χ0n) is 22.3. The highest BCUT2D eigenvalue weighted by Gasteiger charge is 2.44. The molecule has 2 fully saturated rings. The predicted molar refractivity (Wildman–Crippen MR) is 143 cm³/mol. The smallest absolute Gasteiger partial charge is 0.320 e. The third kappa shape index (κ3) is 6.12. The van der Waals surface area contributed by atoms with E-state index in [2.05, 4.69) is 0 Å². The number of likely N-dealkylation sites (tertiary alicyclic amines) is 2. The Kier molecular flexibility index (Phi) is 9.25. The van der Waals surface area contributed by atoms with Crippen LogP contribution in [0, 0.1) is 18.7 Å². The van der Waals surface area contributed by atoms with E-state index in [0.29, 0.717) is 63.2 Å². The predicted octanol–water partition coefficient (Wildman–Crippen LogP) is 3.77. The maximum atomic E-state index is 15.3. The lowest BCUT2D eigenvalue weighted by Crippen LogP contribution is -2.52. The molecule has 0 radical (unpaired) electrons. The van der Waals surface area contributed by atoms with Gasteiger partial charge in [-0.2, -0.15) is 0 Å². The van der Waals surface area contributed by atoms with Crippen LogP contribution in [-0.4, -0.2) is 78.1 Å². The van der Waals surface area contributed by atoms with Gasteiger partial charge in [-0.3, -0.25) is 0 Å². The Balaban J connectivity index is 1.65. The van der Waals surface area contributed by atoms with Crippen molar-refractivity contribution in [3.8, 4) is 11.5 Å². The molecule has 2 aromatic rings. The molecule has 38 heavy (non-hydrogen) atoms. The van der Waals surface area contributed by atoms with Crippen molar-refractivity contribution in [3.63, 3.8) is 0 Å². The summed E-state index contributed by atoms with van der Waals surface area (Å²) in [6.07, 6.45) is 2.38. The molecule has 0 spiro atoms. The maximum Gasteiger partial charge on any atom is 0.320 e. The summed E-state index contributed by atoms with van der Waals surface area (Å²) in [5.41, 5.74) is 5.73. The number of carbonyl (C=O) groups is 1. The molecule has 0 aromatic heterocycles. The second-order valence-corrected chi connectivity index (χ2v) is 10.6. The number of aryl methyl sites for hydroxylation is 1. The van der Waals surface area contributed by atoms with Crippen molar-refractivity contribution < 1.29 is 28.9 Å². The van der Waals surface area contributed by atoms with Crippen LogP contribution in [0.25, 0.3) is 0 Å². The summed E-state index contributed by atoms with van der Waals surface area (Å²) in [5, 5.41) is 22.5. The first-order chi connectivity index (χ1) is 18.2. The average Bonchev–Trinajstić information content (AvgIpc) is 3.26. The number of hydrogen-bond donors (Lipinski definition) is 3. The Labute approximate surface area is 224 Å². The molecule has 4 rings (SSSR count). The van der Waals surface area contributed by atoms with Gasteiger partial charge in [0, 0.05) is 57.4 Å². The number of carbonyl (C=O) groups excluding carboxylic acids is 1. The fourth-order valence-corrected chi connectivity index (χ4v) is 5.64. The summed E-state index contributed by atoms with van der Waals surface area (Å²) in [6.45, 7) is 3.78. The molecule has 2 heterocycles. The minimum Gasteiger partial charge on any atom is -0.454 e. The normalized spacial score (nSPS) is 23.4. The van der Waals surface area contributed by atoms with Crippen LogP contribution in [0.4, 0.5) is 9.18 Å². The molecule has 2 aliphatic heterocycles. The number of para-hydroxylation sites is 2. The maximum absolute atomic E-state index is 15.3. The number of methoxy groups -OCH3 is 1. The van der Waals surface area contributed by atoms with E-state index in [1.807, 2.05) is 25.1 Å². The highest BCUT2D eigenvalue weighted by atomic mass is 19.1. The van der Waals surface area contributed by atoms with Crippen molar-refractivity contribution in [2.45, 2.75) is 56.8 Å². The van der Waals surface area contributed by atoms with E-state index in [4.69, 9.17) is 15.2 Å². The first kappa shape index (κ1) is 28.3. The van der Waals surface area contributed by atoms with E-state index < -0.39 is 23.6 Å². The van der Waals surface area contributed by atoms with Gasteiger partial charge in [-0.15, -0.1) is 0 Å². The van der Waals surface area contributed by atoms with Gasteiger partial charge < -0.3 is 35.2 Å². The summed E-state index contributed by atoms with van der Waals surface area (Å²) in [6, 6.07) is 11.4. The Bertz CT molecular complexity index is 1090. The van der Waals surface area contributed by atoms with Crippen molar-refractivity contribution >= 4 is 6.03 Å². The van der Waals surface area contributed by atoms with Crippen LogP contribution in [0.5, 0.6) is 11.5 Å². The topological polar surface area (TPSA) is 108 Å². The zero-order valence-corrected chi connectivity index (χ0v) is 22.3. The Morgan fingerprint density at radius 1 is 1.13 bits per heavy atom. The number of piperidine rings is 1. The molecular weight excluding hydrogens is 489 g/mol. The number of hydrogen-bond acceptors (Lipinski definition) is 6. The molecule has 2 aliphatic rings. The summed E-state index contributed by atoms with van der Waals surface area (Å²) in [7, 11) is 1.64. The molecule has 2 saturated heterocycles. The lowest BCUT2D eigenvalue weighted by Gasteiger charge is -2.44. The Morgan fingerprint density at radius 2 is 1.92 bits per heavy atom. The summed E-state index contributed by atoms with van der Waals surface area (Å²) < 4.78 is 26.7. The number of unbranched alkanes of at least 4 members (excludes halogenated alkanes) is 1. The third-order valence-corrected chi connectivity index (χ3v) is 7.87. The number of rotatable bonds is 9. The molecule has 8 nitrogen and oxygen atoms in total. The van der Waals surface area contributed by atoms with E-state index in [0.717, 1.165) is 12.0 Å². The van der Waals surface area contributed by atoms with Gasteiger partial charge in [0.05, 0.1) is 11.7 Å². The number of benzene rings is 2. The molecule has 208 valence electrons. The first-order valence-corrected chi connectivity index (χ1v) is 13.5. The van der Waals surface area contributed by atoms with Gasteiger partial charge in [0.25, 0.3) is 0 Å². The van der Waals surface area contributed by atoms with Gasteiger partial charge in [0.2, 0.25) is 0 Å². The lowest BCUT2D eigenvalue weighted by atomic mass is 9.73. The largest absolute Gasteiger partial charge is 0.454 e. The number of ether oxygens (including phenoxy) is 2. The number of urea groups is 1. The zero-order chi connectivity index (χ0) is 27.3. The standard InChI is InChI=1S/C29H40FN3O5/c1-20-9-3-4-13-26(20)38-27-22(11-7-12-23(27)30)29(36,14-5-6-16-37-2)21-10-8-15-32(17-21)28(35)33-18-24(31)25(34)19-33/h3-4,7,9,11-13,21,24-25,34,36H,5-6,8,10,14-19,31H2,1-2H3/t21?,24-,25-,29+/m1/s1. The number of β-amino-alcohol motifs (C(OH)–C–C–N with tert-alkyl or cyclic N) is 1. The Morgan fingerprint density at radius 3 is 2.63 bits per heavy atom. The van der Waals surface area contributed by atoms with Gasteiger partial charge in [-0.1, -0.05) is 30.3 Å². The van der Waals surface area contributed by atoms with Gasteiger partial charge in [-0.05, 0) is 56.7 Å². The van der Waals surface area contributed by atoms with E-state index in [9.17, 15) is 15.0 Å². The molecular formula is C29H40FN3O5. The molecule has 0 bridgehead atoms. The molecule has 2 amide bonds. The van der Waals surface area contributed by atoms with Gasteiger partial charge in [-0.25, -0.2) is 9.18 Å². The van der Waals surface area contributed by atoms with Crippen LogP contribution in [0.1, 0.15) is 43.2 Å². The van der Waals surface area contributed by atoms with Crippen LogP contribution in [0.3, 0.4) is 0 Å². The summed E-state index contributed by atoms with van der Waals surface area (Å²) >= 11 is 0. The molecule has 0 aliphatic carbocycles. The second kappa shape index (κ2) is 12.4. The number of amides is 2. The van der Waals surface area contributed by atoms with Crippen LogP contribution in [0.2, 0.25) is 0 Å². The van der Waals surface area contributed by atoms with Crippen molar-refractivity contribution in [1.29, 1.82) is 0 Å². The highest BCUT2D eigenvalue weighted by Crippen LogP contribution is 2.45. The van der Waals surface area contributed by atoms with Crippen molar-refractivity contribution in [2.75, 3.05) is 39.9 Å². The fraction of sp³-hybridized carbons (Fsp3) is 0.552. The highest BCUT2D eigenvalue weighted by molar-refractivity contribution is 5.75. The number of aliphatic hydroxyl groups excluding tert-OH is 1. The SMILES string of the molecule is COCCCC[C@@](O)(c1cccc(F)c1Oc1ccccc1C)C1CCCN(C(=O)N2C[C@@H](N)[C@H](O)C2)C1. The van der Waals surface area contributed by atoms with Crippen LogP contribution < -0.4 is 10.5 Å². The van der Waals surface area contributed by atoms with Crippen molar-refractivity contribution in [1.82, 2.24) is 9.80 Å². The van der Waals surface area contributed by atoms with Crippen LogP contribution in [0.15, 0.2) is 42.5 Å². The number of nitrogens with two attached hydrogens (primary N) is 1. The molecule has 0 saturated carbocycles. The Hall–Kier alpha value is -2.72. The minimum absolute atomic E-state index is 0.00753. The molecule has 9 heteroatoms.